The van der Waals surface area contributed by atoms with E-state index in [1.165, 1.54) is 11.3 Å². The fourth-order valence-electron chi connectivity index (χ4n) is 2.87. The van der Waals surface area contributed by atoms with Crippen molar-refractivity contribution in [2.75, 3.05) is 6.61 Å². The molecular formula is C23H22N2O2S. The maximum atomic E-state index is 12.7. The molecular weight excluding hydrogens is 368 g/mol. The first-order valence-corrected chi connectivity index (χ1v) is 9.93. The second-order valence-corrected chi connectivity index (χ2v) is 8.39. The number of benzene rings is 2. The summed E-state index contributed by atoms with van der Waals surface area (Å²) in [6.45, 7) is 6.12. The van der Waals surface area contributed by atoms with E-state index >= 15 is 0 Å². The Kier molecular flexibility index (Phi) is 5.91. The quantitative estimate of drug-likeness (QED) is 0.568. The number of nitrogens with zero attached hydrogens (tertiary/aromatic N) is 2. The number of para-hydroxylation sites is 1. The molecule has 0 bridgehead atoms. The molecule has 3 aromatic rings. The highest BCUT2D eigenvalue weighted by molar-refractivity contribution is 7.10. The largest absolute Gasteiger partial charge is 0.485 e. The van der Waals surface area contributed by atoms with Crippen molar-refractivity contribution in [3.05, 3.63) is 70.5 Å². The Bertz CT molecular complexity index is 997. The highest BCUT2D eigenvalue weighted by atomic mass is 32.1. The third-order valence-electron chi connectivity index (χ3n) is 4.35. The zero-order valence-corrected chi connectivity index (χ0v) is 17.0. The van der Waals surface area contributed by atoms with Crippen LogP contribution in [0, 0.1) is 11.3 Å². The van der Waals surface area contributed by atoms with E-state index in [-0.39, 0.29) is 17.8 Å². The van der Waals surface area contributed by atoms with E-state index in [4.69, 9.17) is 4.74 Å². The molecule has 4 nitrogen and oxygen atoms in total. The van der Waals surface area contributed by atoms with Crippen molar-refractivity contribution < 1.29 is 9.53 Å². The number of ether oxygens (including phenoxy) is 1. The predicted octanol–water partition coefficient (Wildman–Crippen LogP) is 5.36. The summed E-state index contributed by atoms with van der Waals surface area (Å²) < 4.78 is 5.80. The molecule has 5 heteroatoms. The summed E-state index contributed by atoms with van der Waals surface area (Å²) in [7, 11) is 0. The number of ketones is 1. The van der Waals surface area contributed by atoms with Gasteiger partial charge in [-0.15, -0.1) is 11.3 Å². The Morgan fingerprint density at radius 3 is 2.50 bits per heavy atom. The van der Waals surface area contributed by atoms with Crippen LogP contribution in [0.3, 0.4) is 0 Å². The normalized spacial score (nSPS) is 12.2. The van der Waals surface area contributed by atoms with E-state index in [1.54, 1.807) is 0 Å². The Balaban J connectivity index is 1.74. The highest BCUT2D eigenvalue weighted by Gasteiger charge is 2.25. The number of nitriles is 1. The minimum atomic E-state index is -0.927. The molecule has 2 aromatic carbocycles. The van der Waals surface area contributed by atoms with Crippen LogP contribution in [0.2, 0.25) is 0 Å². The summed E-state index contributed by atoms with van der Waals surface area (Å²) in [5.41, 5.74) is 2.66. The lowest BCUT2D eigenvalue weighted by atomic mass is 9.86. The first-order chi connectivity index (χ1) is 13.4. The van der Waals surface area contributed by atoms with Crippen molar-refractivity contribution in [1.82, 2.24) is 4.98 Å². The molecule has 28 heavy (non-hydrogen) atoms. The molecule has 1 atom stereocenters. The number of hydrogen-bond acceptors (Lipinski definition) is 5. The number of Topliss-reactive ketones (excluding diaryl/α,β-unsaturated/α-hetero) is 1. The van der Waals surface area contributed by atoms with Crippen LogP contribution in [0.1, 0.15) is 37.3 Å². The Morgan fingerprint density at radius 2 is 1.82 bits per heavy atom. The van der Waals surface area contributed by atoms with Crippen LogP contribution in [-0.2, 0) is 10.2 Å². The van der Waals surface area contributed by atoms with Gasteiger partial charge in [0.05, 0.1) is 11.8 Å². The van der Waals surface area contributed by atoms with Gasteiger partial charge in [0, 0.05) is 10.9 Å². The molecule has 0 saturated heterocycles. The topological polar surface area (TPSA) is 63.0 Å². The van der Waals surface area contributed by atoms with E-state index in [2.05, 4.69) is 31.8 Å². The van der Waals surface area contributed by atoms with Crippen LogP contribution in [0.15, 0.2) is 60.0 Å². The highest BCUT2D eigenvalue weighted by Crippen LogP contribution is 2.31. The number of carbonyl (C=O) groups excluding carboxylic acids is 1. The van der Waals surface area contributed by atoms with Crippen LogP contribution in [0.25, 0.3) is 11.3 Å². The third kappa shape index (κ3) is 4.47. The summed E-state index contributed by atoms with van der Waals surface area (Å²) in [4.78, 5) is 17.2. The molecule has 0 aliphatic carbocycles. The van der Waals surface area contributed by atoms with E-state index in [0.717, 1.165) is 16.8 Å². The molecule has 0 amide bonds. The fraction of sp³-hybridized carbons (Fsp3) is 0.261. The van der Waals surface area contributed by atoms with Crippen LogP contribution in [0.4, 0.5) is 0 Å². The summed E-state index contributed by atoms with van der Waals surface area (Å²) in [6.07, 6.45) is 0. The number of aromatic nitrogens is 1. The smallest absolute Gasteiger partial charge is 0.194 e. The summed E-state index contributed by atoms with van der Waals surface area (Å²) in [6, 6.07) is 19.5. The van der Waals surface area contributed by atoms with E-state index in [0.29, 0.717) is 10.8 Å². The minimum Gasteiger partial charge on any atom is -0.485 e. The van der Waals surface area contributed by atoms with Crippen molar-refractivity contribution in [1.29, 1.82) is 5.26 Å². The SMILES string of the molecule is CC(C)(C)c1ccccc1OCC(=O)C(C#N)c1nc(-c2ccccc2)cs1. The number of carbonyl (C=O) groups is 1. The van der Waals surface area contributed by atoms with Crippen LogP contribution >= 0.6 is 11.3 Å². The monoisotopic (exact) mass is 390 g/mol. The van der Waals surface area contributed by atoms with Gasteiger partial charge in [-0.2, -0.15) is 5.26 Å². The number of thiazole rings is 1. The van der Waals surface area contributed by atoms with E-state index in [1.807, 2.05) is 60.0 Å². The molecule has 0 saturated carbocycles. The molecule has 0 aliphatic heterocycles. The van der Waals surface area contributed by atoms with Gasteiger partial charge in [0.2, 0.25) is 0 Å². The Hall–Kier alpha value is -2.97. The van der Waals surface area contributed by atoms with Crippen molar-refractivity contribution >= 4 is 17.1 Å². The van der Waals surface area contributed by atoms with Crippen LogP contribution in [0.5, 0.6) is 5.75 Å². The number of rotatable bonds is 6. The first-order valence-electron chi connectivity index (χ1n) is 9.05. The molecule has 0 fully saturated rings. The maximum absolute atomic E-state index is 12.7. The van der Waals surface area contributed by atoms with Crippen molar-refractivity contribution in [3.63, 3.8) is 0 Å². The van der Waals surface area contributed by atoms with Crippen LogP contribution < -0.4 is 4.74 Å². The summed E-state index contributed by atoms with van der Waals surface area (Å²) in [5, 5.41) is 11.9. The molecule has 1 aromatic heterocycles. The van der Waals surface area contributed by atoms with E-state index in [9.17, 15) is 10.1 Å². The molecule has 0 aliphatic rings. The molecule has 1 unspecified atom stereocenters. The molecule has 0 radical (unpaired) electrons. The maximum Gasteiger partial charge on any atom is 0.194 e. The lowest BCUT2D eigenvalue weighted by Crippen LogP contribution is -2.21. The molecule has 3 rings (SSSR count). The van der Waals surface area contributed by atoms with Gasteiger partial charge in [-0.05, 0) is 17.0 Å². The van der Waals surface area contributed by atoms with Gasteiger partial charge in [0.25, 0.3) is 0 Å². The molecule has 1 heterocycles. The van der Waals surface area contributed by atoms with Gasteiger partial charge in [0.1, 0.15) is 17.4 Å². The summed E-state index contributed by atoms with van der Waals surface area (Å²) >= 11 is 1.32. The second-order valence-electron chi connectivity index (χ2n) is 7.50. The van der Waals surface area contributed by atoms with Crippen molar-refractivity contribution in [3.8, 4) is 23.1 Å². The Labute approximate surface area is 169 Å². The van der Waals surface area contributed by atoms with Gasteiger partial charge in [-0.1, -0.05) is 69.3 Å². The third-order valence-corrected chi connectivity index (χ3v) is 5.26. The van der Waals surface area contributed by atoms with Gasteiger partial charge in [0.15, 0.2) is 11.7 Å². The first kappa shape index (κ1) is 19.8. The zero-order valence-electron chi connectivity index (χ0n) is 16.2. The van der Waals surface area contributed by atoms with Crippen LogP contribution in [-0.4, -0.2) is 17.4 Å². The van der Waals surface area contributed by atoms with Crippen molar-refractivity contribution in [2.45, 2.75) is 32.1 Å². The molecule has 142 valence electrons. The van der Waals surface area contributed by atoms with E-state index < -0.39 is 5.92 Å². The average molecular weight is 391 g/mol. The van der Waals surface area contributed by atoms with Gasteiger partial charge < -0.3 is 4.74 Å². The van der Waals surface area contributed by atoms with Crippen molar-refractivity contribution in [2.24, 2.45) is 0 Å². The standard InChI is InChI=1S/C23H22N2O2S/c1-23(2,3)18-11-7-8-12-21(18)27-14-20(26)17(13-24)22-25-19(15-28-22)16-9-5-4-6-10-16/h4-12,15,17H,14H2,1-3H3. The lowest BCUT2D eigenvalue weighted by Gasteiger charge is -2.22. The minimum absolute atomic E-state index is 0.103. The summed E-state index contributed by atoms with van der Waals surface area (Å²) in [5.74, 6) is -0.548. The van der Waals surface area contributed by atoms with Gasteiger partial charge in [-0.3, -0.25) is 4.79 Å². The van der Waals surface area contributed by atoms with Gasteiger partial charge >= 0.3 is 0 Å². The lowest BCUT2D eigenvalue weighted by molar-refractivity contribution is -0.121. The molecule has 0 spiro atoms. The zero-order chi connectivity index (χ0) is 20.1. The number of hydrogen-bond donors (Lipinski definition) is 0. The fourth-order valence-corrected chi connectivity index (χ4v) is 3.76. The second kappa shape index (κ2) is 8.37. The molecule has 0 N–H and O–H groups in total. The Morgan fingerprint density at radius 1 is 1.14 bits per heavy atom. The van der Waals surface area contributed by atoms with Gasteiger partial charge in [-0.25, -0.2) is 4.98 Å². The average Bonchev–Trinajstić information content (AvgIpc) is 3.17. The predicted molar refractivity (Wildman–Crippen MR) is 112 cm³/mol.